The van der Waals surface area contributed by atoms with Crippen LogP contribution in [-0.4, -0.2) is 5.91 Å². The third kappa shape index (κ3) is 3.22. The molecule has 0 saturated carbocycles. The van der Waals surface area contributed by atoms with Crippen LogP contribution in [0.2, 0.25) is 0 Å². The summed E-state index contributed by atoms with van der Waals surface area (Å²) in [6.45, 7) is 0.407. The highest BCUT2D eigenvalue weighted by Crippen LogP contribution is 2.20. The van der Waals surface area contributed by atoms with Gasteiger partial charge < -0.3 is 16.8 Å². The Morgan fingerprint density at radius 2 is 2.00 bits per heavy atom. The minimum atomic E-state index is -0.520. The van der Waals surface area contributed by atoms with Gasteiger partial charge in [0.15, 0.2) is 0 Å². The lowest BCUT2D eigenvalue weighted by atomic mass is 10.1. The molecule has 0 aromatic heterocycles. The number of nitrogens with one attached hydrogen (secondary N) is 1. The molecule has 5 N–H and O–H groups in total. The number of hydrogen-bond acceptors (Lipinski definition) is 3. The van der Waals surface area contributed by atoms with Gasteiger partial charge in [0.2, 0.25) is 5.91 Å². The quantitative estimate of drug-likeness (QED) is 0.736. The molecule has 0 atom stereocenters. The van der Waals surface area contributed by atoms with Crippen LogP contribution in [0, 0.1) is 5.82 Å². The fraction of sp³-hybridized carbons (Fsp3) is 0.0714. The van der Waals surface area contributed by atoms with Crippen LogP contribution in [0.1, 0.15) is 15.9 Å². The van der Waals surface area contributed by atoms with Gasteiger partial charge in [-0.05, 0) is 35.9 Å². The van der Waals surface area contributed by atoms with Crippen LogP contribution >= 0.6 is 0 Å². The van der Waals surface area contributed by atoms with Crippen LogP contribution < -0.4 is 16.8 Å². The fourth-order valence-corrected chi connectivity index (χ4v) is 1.71. The zero-order chi connectivity index (χ0) is 13.8. The van der Waals surface area contributed by atoms with E-state index in [1.54, 1.807) is 30.3 Å². The number of rotatable bonds is 4. The van der Waals surface area contributed by atoms with Gasteiger partial charge in [-0.25, -0.2) is 4.39 Å². The highest BCUT2D eigenvalue weighted by atomic mass is 19.1. The first-order valence-corrected chi connectivity index (χ1v) is 5.74. The summed E-state index contributed by atoms with van der Waals surface area (Å²) in [4.78, 5) is 11.1. The summed E-state index contributed by atoms with van der Waals surface area (Å²) in [5, 5.41) is 3.05. The topological polar surface area (TPSA) is 81.1 Å². The number of carbonyl (C=O) groups is 1. The van der Waals surface area contributed by atoms with E-state index in [9.17, 15) is 9.18 Å². The van der Waals surface area contributed by atoms with E-state index in [-0.39, 0.29) is 5.82 Å². The van der Waals surface area contributed by atoms with Crippen LogP contribution in [0.5, 0.6) is 0 Å². The molecule has 4 nitrogen and oxygen atoms in total. The van der Waals surface area contributed by atoms with Crippen LogP contribution in [0.3, 0.4) is 0 Å². The van der Waals surface area contributed by atoms with Crippen molar-refractivity contribution in [1.82, 2.24) is 0 Å². The molecule has 19 heavy (non-hydrogen) atoms. The first-order valence-electron chi connectivity index (χ1n) is 5.74. The molecule has 2 rings (SSSR count). The molecular weight excluding hydrogens is 245 g/mol. The van der Waals surface area contributed by atoms with Crippen molar-refractivity contribution in [2.24, 2.45) is 5.73 Å². The molecule has 5 heteroatoms. The van der Waals surface area contributed by atoms with Gasteiger partial charge >= 0.3 is 0 Å². The number of nitrogens with two attached hydrogens (primary N) is 2. The van der Waals surface area contributed by atoms with Crippen molar-refractivity contribution < 1.29 is 9.18 Å². The molecule has 0 aliphatic carbocycles. The minimum absolute atomic E-state index is 0.293. The van der Waals surface area contributed by atoms with Gasteiger partial charge in [0.05, 0.1) is 11.4 Å². The lowest BCUT2D eigenvalue weighted by Gasteiger charge is -2.10. The molecule has 0 unspecified atom stereocenters. The van der Waals surface area contributed by atoms with E-state index in [0.717, 1.165) is 5.56 Å². The standard InChI is InChI=1S/C14H14FN3O/c15-11-3-1-2-9(6-11)8-18-13-7-10(14(17)19)4-5-12(13)16/h1-7,18H,8,16H2,(H2,17,19). The summed E-state index contributed by atoms with van der Waals surface area (Å²) in [6.07, 6.45) is 0. The molecule has 2 aromatic carbocycles. The number of carbonyl (C=O) groups excluding carboxylic acids is 1. The number of halogens is 1. The van der Waals surface area contributed by atoms with Crippen molar-refractivity contribution in [1.29, 1.82) is 0 Å². The highest BCUT2D eigenvalue weighted by molar-refractivity contribution is 5.94. The van der Waals surface area contributed by atoms with Crippen molar-refractivity contribution in [3.63, 3.8) is 0 Å². The number of anilines is 2. The van der Waals surface area contributed by atoms with Crippen LogP contribution in [-0.2, 0) is 6.54 Å². The van der Waals surface area contributed by atoms with E-state index < -0.39 is 5.91 Å². The largest absolute Gasteiger partial charge is 0.397 e. The third-order valence-corrected chi connectivity index (χ3v) is 2.71. The number of benzene rings is 2. The van der Waals surface area contributed by atoms with Gasteiger partial charge in [-0.1, -0.05) is 12.1 Å². The van der Waals surface area contributed by atoms with Crippen molar-refractivity contribution in [2.45, 2.75) is 6.54 Å². The van der Waals surface area contributed by atoms with Gasteiger partial charge in [0.25, 0.3) is 0 Å². The van der Waals surface area contributed by atoms with E-state index in [1.807, 2.05) is 0 Å². The minimum Gasteiger partial charge on any atom is -0.397 e. The van der Waals surface area contributed by atoms with E-state index in [4.69, 9.17) is 11.5 Å². The summed E-state index contributed by atoms with van der Waals surface area (Å²) in [6, 6.07) is 11.0. The lowest BCUT2D eigenvalue weighted by molar-refractivity contribution is 0.100. The zero-order valence-corrected chi connectivity index (χ0v) is 10.2. The number of nitrogen functional groups attached to an aromatic ring is 1. The Morgan fingerprint density at radius 3 is 2.68 bits per heavy atom. The van der Waals surface area contributed by atoms with Crippen molar-refractivity contribution in [2.75, 3.05) is 11.1 Å². The Balaban J connectivity index is 2.15. The predicted molar refractivity (Wildman–Crippen MR) is 73.1 cm³/mol. The van der Waals surface area contributed by atoms with Gasteiger partial charge in [0, 0.05) is 12.1 Å². The third-order valence-electron chi connectivity index (χ3n) is 2.71. The second-order valence-electron chi connectivity index (χ2n) is 4.15. The van der Waals surface area contributed by atoms with Crippen molar-refractivity contribution in [3.05, 3.63) is 59.4 Å². The van der Waals surface area contributed by atoms with Crippen LogP contribution in [0.25, 0.3) is 0 Å². The molecule has 0 radical (unpaired) electrons. The van der Waals surface area contributed by atoms with Crippen LogP contribution in [0.4, 0.5) is 15.8 Å². The summed E-state index contributed by atoms with van der Waals surface area (Å²) in [7, 11) is 0. The van der Waals surface area contributed by atoms with E-state index in [1.165, 1.54) is 12.1 Å². The Hall–Kier alpha value is -2.56. The maximum Gasteiger partial charge on any atom is 0.248 e. The average molecular weight is 259 g/mol. The number of primary amides is 1. The molecule has 0 aliphatic heterocycles. The summed E-state index contributed by atoms with van der Waals surface area (Å²) in [5.41, 5.74) is 13.2. The summed E-state index contributed by atoms with van der Waals surface area (Å²) in [5.74, 6) is -0.813. The Kier molecular flexibility index (Phi) is 3.66. The van der Waals surface area contributed by atoms with Gasteiger partial charge in [-0.2, -0.15) is 0 Å². The van der Waals surface area contributed by atoms with E-state index >= 15 is 0 Å². The molecule has 0 fully saturated rings. The smallest absolute Gasteiger partial charge is 0.248 e. The Bertz CT molecular complexity index is 613. The molecule has 98 valence electrons. The second kappa shape index (κ2) is 5.39. The second-order valence-corrected chi connectivity index (χ2v) is 4.15. The maximum atomic E-state index is 13.0. The van der Waals surface area contributed by atoms with Crippen molar-refractivity contribution in [3.8, 4) is 0 Å². The highest BCUT2D eigenvalue weighted by Gasteiger charge is 2.05. The fourth-order valence-electron chi connectivity index (χ4n) is 1.71. The summed E-state index contributed by atoms with van der Waals surface area (Å²) >= 11 is 0. The summed E-state index contributed by atoms with van der Waals surface area (Å²) < 4.78 is 13.0. The Labute approximate surface area is 110 Å². The van der Waals surface area contributed by atoms with Crippen molar-refractivity contribution >= 4 is 17.3 Å². The first kappa shape index (κ1) is 12.9. The monoisotopic (exact) mass is 259 g/mol. The van der Waals surface area contributed by atoms with E-state index in [0.29, 0.717) is 23.5 Å². The average Bonchev–Trinajstić information content (AvgIpc) is 2.37. The Morgan fingerprint density at radius 1 is 1.21 bits per heavy atom. The SMILES string of the molecule is NC(=O)c1ccc(N)c(NCc2cccc(F)c2)c1. The van der Waals surface area contributed by atoms with Gasteiger partial charge in [0.1, 0.15) is 5.82 Å². The van der Waals surface area contributed by atoms with Gasteiger partial charge in [-0.3, -0.25) is 4.79 Å². The molecule has 0 aliphatic rings. The first-order chi connectivity index (χ1) is 9.06. The molecule has 0 saturated heterocycles. The molecule has 0 heterocycles. The number of hydrogen-bond donors (Lipinski definition) is 3. The zero-order valence-electron chi connectivity index (χ0n) is 10.2. The maximum absolute atomic E-state index is 13.0. The molecular formula is C14H14FN3O. The predicted octanol–water partition coefficient (Wildman–Crippen LogP) is 2.12. The van der Waals surface area contributed by atoms with Crippen LogP contribution in [0.15, 0.2) is 42.5 Å². The molecule has 2 aromatic rings. The number of amides is 1. The lowest BCUT2D eigenvalue weighted by Crippen LogP contribution is -2.12. The van der Waals surface area contributed by atoms with Gasteiger partial charge in [-0.15, -0.1) is 0 Å². The molecule has 0 spiro atoms. The van der Waals surface area contributed by atoms with E-state index in [2.05, 4.69) is 5.32 Å². The molecule has 1 amide bonds. The molecule has 0 bridgehead atoms. The normalized spacial score (nSPS) is 10.2.